The zero-order valence-corrected chi connectivity index (χ0v) is 16.4. The smallest absolute Gasteiger partial charge is 0.151 e. The molecule has 0 aliphatic carbocycles. The molecule has 0 fully saturated rings. The number of hydrogen-bond donors (Lipinski definition) is 0. The molecule has 0 aliphatic heterocycles. The second kappa shape index (κ2) is 7.01. The Bertz CT molecular complexity index is 1070. The highest BCUT2D eigenvalue weighted by Gasteiger charge is 2.14. The molecule has 2 aromatic carbocycles. The van der Waals surface area contributed by atoms with Gasteiger partial charge in [0.1, 0.15) is 5.76 Å². The average Bonchev–Trinajstić information content (AvgIpc) is 3.28. The van der Waals surface area contributed by atoms with Gasteiger partial charge in [-0.3, -0.25) is 0 Å². The van der Waals surface area contributed by atoms with E-state index in [9.17, 15) is 0 Å². The third-order valence-electron chi connectivity index (χ3n) is 4.67. The zero-order valence-electron chi connectivity index (χ0n) is 15.6. The van der Waals surface area contributed by atoms with Gasteiger partial charge in [0, 0.05) is 41.8 Å². The second-order valence-electron chi connectivity index (χ2n) is 6.78. The van der Waals surface area contributed by atoms with E-state index in [0.717, 1.165) is 34.2 Å². The van der Waals surface area contributed by atoms with Crippen LogP contribution in [0.2, 0.25) is 5.02 Å². The Balaban J connectivity index is 1.74. The summed E-state index contributed by atoms with van der Waals surface area (Å²) < 4.78 is 8.37. The van der Waals surface area contributed by atoms with Gasteiger partial charge < -0.3 is 13.9 Å². The molecule has 0 radical (unpaired) electrons. The van der Waals surface area contributed by atoms with Gasteiger partial charge in [0.15, 0.2) is 5.76 Å². The third kappa shape index (κ3) is 3.38. The number of aryl methyl sites for hydroxylation is 1. The van der Waals surface area contributed by atoms with Crippen molar-refractivity contribution in [2.75, 3.05) is 19.0 Å². The van der Waals surface area contributed by atoms with Crippen molar-refractivity contribution in [1.29, 1.82) is 0 Å². The number of hydrogen-bond acceptors (Lipinski definition) is 2. The number of aromatic nitrogens is 1. The minimum atomic E-state index is 0.700. The number of furan rings is 1. The second-order valence-corrected chi connectivity index (χ2v) is 7.22. The normalized spacial score (nSPS) is 11.0. The standard InChI is InChI=1S/C23H21ClN2O/c1-16-7-12-21(26(16)20-10-8-19(9-11-20)25(2)3)23-14-13-22(27-23)17-5-4-6-18(24)15-17/h4-15H,1-3H3. The maximum absolute atomic E-state index is 6.16. The van der Waals surface area contributed by atoms with E-state index in [1.54, 1.807) is 0 Å². The van der Waals surface area contributed by atoms with Crippen molar-refractivity contribution in [3.63, 3.8) is 0 Å². The maximum Gasteiger partial charge on any atom is 0.151 e. The molecule has 0 saturated heterocycles. The molecule has 4 aromatic rings. The van der Waals surface area contributed by atoms with Gasteiger partial charge in [0.05, 0.1) is 5.69 Å². The Labute approximate surface area is 164 Å². The Morgan fingerprint density at radius 2 is 1.59 bits per heavy atom. The molecule has 0 N–H and O–H groups in total. The molecule has 0 spiro atoms. The molecular formula is C23H21ClN2O. The van der Waals surface area contributed by atoms with Crippen molar-refractivity contribution in [3.8, 4) is 28.5 Å². The van der Waals surface area contributed by atoms with Crippen molar-refractivity contribution in [3.05, 3.63) is 83.5 Å². The van der Waals surface area contributed by atoms with Gasteiger partial charge in [-0.25, -0.2) is 0 Å². The molecule has 2 heterocycles. The van der Waals surface area contributed by atoms with Crippen LogP contribution in [0.3, 0.4) is 0 Å². The molecule has 0 saturated carbocycles. The Morgan fingerprint density at radius 3 is 2.30 bits per heavy atom. The summed E-state index contributed by atoms with van der Waals surface area (Å²) >= 11 is 6.11. The van der Waals surface area contributed by atoms with E-state index in [4.69, 9.17) is 16.0 Å². The quantitative estimate of drug-likeness (QED) is 0.409. The van der Waals surface area contributed by atoms with Gasteiger partial charge >= 0.3 is 0 Å². The van der Waals surface area contributed by atoms with E-state index in [-0.39, 0.29) is 0 Å². The van der Waals surface area contributed by atoms with Crippen LogP contribution < -0.4 is 4.90 Å². The molecule has 4 heteroatoms. The van der Waals surface area contributed by atoms with Crippen LogP contribution >= 0.6 is 11.6 Å². The number of benzene rings is 2. The zero-order chi connectivity index (χ0) is 19.0. The fourth-order valence-electron chi connectivity index (χ4n) is 3.25. The highest BCUT2D eigenvalue weighted by Crippen LogP contribution is 2.32. The lowest BCUT2D eigenvalue weighted by Crippen LogP contribution is -2.08. The molecule has 0 amide bonds. The van der Waals surface area contributed by atoms with Gasteiger partial charge in [-0.05, 0) is 67.6 Å². The van der Waals surface area contributed by atoms with E-state index in [1.807, 2.05) is 50.5 Å². The summed E-state index contributed by atoms with van der Waals surface area (Å²) in [6.07, 6.45) is 0. The first-order valence-electron chi connectivity index (χ1n) is 8.85. The van der Waals surface area contributed by atoms with Crippen LogP contribution in [-0.4, -0.2) is 18.7 Å². The number of anilines is 1. The van der Waals surface area contributed by atoms with E-state index in [1.165, 1.54) is 5.69 Å². The van der Waals surface area contributed by atoms with Crippen molar-refractivity contribution in [2.24, 2.45) is 0 Å². The highest BCUT2D eigenvalue weighted by atomic mass is 35.5. The summed E-state index contributed by atoms with van der Waals surface area (Å²) in [5, 5.41) is 0.700. The van der Waals surface area contributed by atoms with Gasteiger partial charge in [-0.1, -0.05) is 23.7 Å². The van der Waals surface area contributed by atoms with E-state index in [0.29, 0.717) is 5.02 Å². The van der Waals surface area contributed by atoms with Gasteiger partial charge in [0.2, 0.25) is 0 Å². The van der Waals surface area contributed by atoms with Crippen LogP contribution in [0.4, 0.5) is 5.69 Å². The fourth-order valence-corrected chi connectivity index (χ4v) is 3.44. The van der Waals surface area contributed by atoms with Crippen LogP contribution in [0.15, 0.2) is 77.2 Å². The van der Waals surface area contributed by atoms with Gasteiger partial charge in [-0.2, -0.15) is 0 Å². The SMILES string of the molecule is Cc1ccc(-c2ccc(-c3cccc(Cl)c3)o2)n1-c1ccc(N(C)C)cc1. The molecule has 0 aliphatic rings. The first-order valence-corrected chi connectivity index (χ1v) is 9.23. The lowest BCUT2D eigenvalue weighted by atomic mass is 10.2. The molecule has 0 unspecified atom stereocenters. The largest absolute Gasteiger partial charge is 0.455 e. The number of rotatable bonds is 4. The van der Waals surface area contributed by atoms with Gasteiger partial charge in [-0.15, -0.1) is 0 Å². The van der Waals surface area contributed by atoms with E-state index >= 15 is 0 Å². The van der Waals surface area contributed by atoms with Crippen molar-refractivity contribution in [1.82, 2.24) is 4.57 Å². The molecule has 27 heavy (non-hydrogen) atoms. The molecule has 136 valence electrons. The summed E-state index contributed by atoms with van der Waals surface area (Å²) in [4.78, 5) is 2.09. The third-order valence-corrected chi connectivity index (χ3v) is 4.90. The van der Waals surface area contributed by atoms with Crippen LogP contribution in [0.1, 0.15) is 5.69 Å². The highest BCUT2D eigenvalue weighted by molar-refractivity contribution is 6.30. The Kier molecular flexibility index (Phi) is 4.54. The first-order chi connectivity index (χ1) is 13.0. The van der Waals surface area contributed by atoms with Crippen LogP contribution in [-0.2, 0) is 0 Å². The summed E-state index contributed by atoms with van der Waals surface area (Å²) in [6.45, 7) is 2.10. The van der Waals surface area contributed by atoms with Crippen LogP contribution in [0.25, 0.3) is 28.5 Å². The maximum atomic E-state index is 6.16. The van der Waals surface area contributed by atoms with Crippen molar-refractivity contribution in [2.45, 2.75) is 6.92 Å². The molecule has 0 atom stereocenters. The minimum absolute atomic E-state index is 0.700. The topological polar surface area (TPSA) is 21.3 Å². The average molecular weight is 377 g/mol. The van der Waals surface area contributed by atoms with E-state index in [2.05, 4.69) is 52.8 Å². The summed E-state index contributed by atoms with van der Waals surface area (Å²) in [6, 6.07) is 24.4. The summed E-state index contributed by atoms with van der Waals surface area (Å²) in [7, 11) is 4.09. The van der Waals surface area contributed by atoms with Crippen LogP contribution in [0, 0.1) is 6.92 Å². The molecule has 0 bridgehead atoms. The van der Waals surface area contributed by atoms with Crippen LogP contribution in [0.5, 0.6) is 0 Å². The minimum Gasteiger partial charge on any atom is -0.455 e. The Morgan fingerprint density at radius 1 is 0.852 bits per heavy atom. The fraction of sp³-hybridized carbons (Fsp3) is 0.130. The molecule has 3 nitrogen and oxygen atoms in total. The first kappa shape index (κ1) is 17.5. The lowest BCUT2D eigenvalue weighted by molar-refractivity contribution is 0.593. The lowest BCUT2D eigenvalue weighted by Gasteiger charge is -2.15. The number of halogens is 1. The monoisotopic (exact) mass is 376 g/mol. The van der Waals surface area contributed by atoms with Crippen molar-refractivity contribution < 1.29 is 4.42 Å². The number of nitrogens with zero attached hydrogens (tertiary/aromatic N) is 2. The van der Waals surface area contributed by atoms with E-state index < -0.39 is 0 Å². The molecular weight excluding hydrogens is 356 g/mol. The molecule has 4 rings (SSSR count). The molecule has 2 aromatic heterocycles. The van der Waals surface area contributed by atoms with Crippen molar-refractivity contribution >= 4 is 17.3 Å². The summed E-state index contributed by atoms with van der Waals surface area (Å²) in [5.41, 5.74) is 5.44. The predicted octanol–water partition coefficient (Wildman–Crippen LogP) is 6.43. The Hall–Kier alpha value is -2.91. The predicted molar refractivity (Wildman–Crippen MR) is 113 cm³/mol. The van der Waals surface area contributed by atoms with Gasteiger partial charge in [0.25, 0.3) is 0 Å². The summed E-state index contributed by atoms with van der Waals surface area (Å²) in [5.74, 6) is 1.63.